The summed E-state index contributed by atoms with van der Waals surface area (Å²) < 4.78 is 0. The first-order chi connectivity index (χ1) is 6.53. The second-order valence-corrected chi connectivity index (χ2v) is 5.20. The molecular formula is C10H19BNO2+. The summed E-state index contributed by atoms with van der Waals surface area (Å²) in [5, 5.41) is 9.79. The molecule has 0 aliphatic carbocycles. The largest absolute Gasteiger partial charge is 0.567 e. The topological polar surface area (TPSA) is 41.7 Å². The summed E-state index contributed by atoms with van der Waals surface area (Å²) in [6, 6.07) is 0.370. The van der Waals surface area contributed by atoms with E-state index < -0.39 is 0 Å². The van der Waals surface area contributed by atoms with Crippen LogP contribution in [0.4, 0.5) is 0 Å². The minimum atomic E-state index is -0.335. The molecule has 0 aromatic heterocycles. The van der Waals surface area contributed by atoms with Gasteiger partial charge in [0.05, 0.1) is 24.4 Å². The van der Waals surface area contributed by atoms with Crippen molar-refractivity contribution in [2.45, 2.75) is 57.4 Å². The number of fused-ring (bicyclic) bond motifs is 2. The second-order valence-electron chi connectivity index (χ2n) is 5.20. The summed E-state index contributed by atoms with van der Waals surface area (Å²) in [7, 11) is -0.335. The number of piperidine rings is 2. The van der Waals surface area contributed by atoms with E-state index in [0.29, 0.717) is 24.7 Å². The highest BCUT2D eigenvalue weighted by Crippen LogP contribution is 2.27. The smallest absolute Gasteiger partial charge is 0.397 e. The normalized spacial score (nSPS) is 42.4. The van der Waals surface area contributed by atoms with Gasteiger partial charge in [0, 0.05) is 13.2 Å². The van der Waals surface area contributed by atoms with E-state index in [2.05, 4.69) is 6.92 Å². The second kappa shape index (κ2) is 3.35. The first kappa shape index (κ1) is 10.2. The number of nitrogens with one attached hydrogen (secondary N) is 1. The number of hydrogen-bond acceptors (Lipinski definition) is 2. The molecule has 2 aliphatic rings. The van der Waals surface area contributed by atoms with Gasteiger partial charge in [-0.3, -0.25) is 4.79 Å². The molecule has 2 heterocycles. The number of rotatable bonds is 1. The van der Waals surface area contributed by atoms with Gasteiger partial charge >= 0.3 is 7.05 Å². The zero-order valence-electron chi connectivity index (χ0n) is 9.05. The molecule has 3 atom stereocenters. The Labute approximate surface area is 85.6 Å². The Kier molecular flexibility index (Phi) is 2.44. The predicted molar refractivity (Wildman–Crippen MR) is 55.1 cm³/mol. The van der Waals surface area contributed by atoms with Crippen LogP contribution in [-0.4, -0.2) is 29.4 Å². The highest BCUT2D eigenvalue weighted by molar-refractivity contribution is 6.38. The third-order valence-electron chi connectivity index (χ3n) is 3.93. The number of quaternary nitrogens is 1. The fourth-order valence-electron chi connectivity index (χ4n) is 3.56. The van der Waals surface area contributed by atoms with Crippen molar-refractivity contribution >= 4 is 12.8 Å². The van der Waals surface area contributed by atoms with Gasteiger partial charge in [0.25, 0.3) is 0 Å². The van der Waals surface area contributed by atoms with Crippen LogP contribution in [0, 0.1) is 0 Å². The van der Waals surface area contributed by atoms with Crippen LogP contribution in [0.1, 0.15) is 39.0 Å². The predicted octanol–water partition coefficient (Wildman–Crippen LogP) is -0.344. The van der Waals surface area contributed by atoms with Crippen LogP contribution in [0.2, 0.25) is 6.82 Å². The van der Waals surface area contributed by atoms with Gasteiger partial charge in [-0.2, -0.15) is 0 Å². The molecule has 2 rings (SSSR count). The Morgan fingerprint density at radius 2 is 2.36 bits per heavy atom. The molecule has 0 spiro atoms. The van der Waals surface area contributed by atoms with E-state index in [4.69, 9.17) is 0 Å². The molecule has 0 amide bonds. The van der Waals surface area contributed by atoms with Crippen molar-refractivity contribution in [2.75, 3.05) is 0 Å². The molecule has 4 heteroatoms. The number of Topliss-reactive ketones (excluding diaryl/α,β-unsaturated/α-hetero) is 1. The van der Waals surface area contributed by atoms with E-state index in [0.717, 1.165) is 12.8 Å². The van der Waals surface area contributed by atoms with Gasteiger partial charge < -0.3 is 9.83 Å². The Morgan fingerprint density at radius 3 is 2.93 bits per heavy atom. The van der Waals surface area contributed by atoms with Gasteiger partial charge in [0.15, 0.2) is 0 Å². The first-order valence-corrected chi connectivity index (χ1v) is 5.60. The van der Waals surface area contributed by atoms with Crippen LogP contribution in [0.3, 0.4) is 0 Å². The van der Waals surface area contributed by atoms with Gasteiger partial charge in [-0.05, 0) is 19.8 Å². The van der Waals surface area contributed by atoms with Crippen molar-refractivity contribution in [3.05, 3.63) is 0 Å². The third-order valence-corrected chi connectivity index (χ3v) is 3.93. The van der Waals surface area contributed by atoms with Gasteiger partial charge in [-0.1, -0.05) is 0 Å². The highest BCUT2D eigenvalue weighted by atomic mass is 16.2. The fraction of sp³-hybridized carbons (Fsp3) is 0.900. The molecule has 0 aromatic rings. The molecule has 2 aliphatic heterocycles. The molecule has 3 unspecified atom stereocenters. The first-order valence-electron chi connectivity index (χ1n) is 5.60. The fourth-order valence-corrected chi connectivity index (χ4v) is 3.56. The zero-order valence-corrected chi connectivity index (χ0v) is 9.05. The SMILES string of the molecule is CB(O)[NH+]1C2CCCC1(C)CC(=O)C2. The van der Waals surface area contributed by atoms with E-state index in [1.165, 1.54) is 11.2 Å². The highest BCUT2D eigenvalue weighted by Gasteiger charge is 2.52. The number of carbonyl (C=O) groups is 1. The van der Waals surface area contributed by atoms with Gasteiger partial charge in [-0.15, -0.1) is 0 Å². The monoisotopic (exact) mass is 196 g/mol. The summed E-state index contributed by atoms with van der Waals surface area (Å²) in [6.45, 7) is 4.00. The lowest BCUT2D eigenvalue weighted by molar-refractivity contribution is -0.891. The van der Waals surface area contributed by atoms with Crippen molar-refractivity contribution in [3.63, 3.8) is 0 Å². The molecule has 2 saturated heterocycles. The molecule has 0 saturated carbocycles. The Balaban J connectivity index is 2.27. The number of carbonyl (C=O) groups excluding carboxylic acids is 1. The lowest BCUT2D eigenvalue weighted by Crippen LogP contribution is -3.29. The van der Waals surface area contributed by atoms with Gasteiger partial charge in [0.1, 0.15) is 5.78 Å². The van der Waals surface area contributed by atoms with Gasteiger partial charge in [0.2, 0.25) is 0 Å². The summed E-state index contributed by atoms with van der Waals surface area (Å²) >= 11 is 0. The van der Waals surface area contributed by atoms with Crippen LogP contribution in [0.5, 0.6) is 0 Å². The lowest BCUT2D eigenvalue weighted by atomic mass is 9.66. The van der Waals surface area contributed by atoms with Crippen molar-refractivity contribution in [1.82, 2.24) is 0 Å². The van der Waals surface area contributed by atoms with Crippen molar-refractivity contribution in [1.29, 1.82) is 0 Å². The van der Waals surface area contributed by atoms with E-state index >= 15 is 0 Å². The molecule has 14 heavy (non-hydrogen) atoms. The molecule has 0 radical (unpaired) electrons. The van der Waals surface area contributed by atoms with Crippen molar-refractivity contribution in [2.24, 2.45) is 0 Å². The number of hydrogen-bond donors (Lipinski definition) is 2. The Bertz CT molecular complexity index is 257. The quantitative estimate of drug-likeness (QED) is 0.563. The summed E-state index contributed by atoms with van der Waals surface area (Å²) in [5.74, 6) is 0.390. The summed E-state index contributed by atoms with van der Waals surface area (Å²) in [4.78, 5) is 12.8. The van der Waals surface area contributed by atoms with Crippen LogP contribution in [0.25, 0.3) is 0 Å². The number of ketones is 1. The standard InChI is InChI=1S/C10H18BNO2/c1-10-5-3-4-8(6-9(13)7-10)12(10)11(2)14/h8,14H,3-7H2,1-2H3/p+1. The summed E-state index contributed by atoms with van der Waals surface area (Å²) in [6.07, 6.45) is 4.72. The molecule has 2 bridgehead atoms. The maximum absolute atomic E-state index is 11.6. The molecule has 3 nitrogen and oxygen atoms in total. The van der Waals surface area contributed by atoms with Gasteiger partial charge in [-0.25, -0.2) is 0 Å². The van der Waals surface area contributed by atoms with Crippen LogP contribution in [0.15, 0.2) is 0 Å². The zero-order chi connectivity index (χ0) is 10.3. The lowest BCUT2D eigenvalue weighted by Gasteiger charge is -2.50. The third kappa shape index (κ3) is 1.50. The average molecular weight is 196 g/mol. The van der Waals surface area contributed by atoms with E-state index in [1.807, 2.05) is 6.82 Å². The minimum absolute atomic E-state index is 0.00637. The van der Waals surface area contributed by atoms with E-state index in [9.17, 15) is 9.82 Å². The van der Waals surface area contributed by atoms with Crippen LogP contribution < -0.4 is 4.81 Å². The molecule has 2 fully saturated rings. The van der Waals surface area contributed by atoms with Crippen LogP contribution in [-0.2, 0) is 4.79 Å². The maximum atomic E-state index is 11.6. The van der Waals surface area contributed by atoms with E-state index in [-0.39, 0.29) is 12.6 Å². The maximum Gasteiger partial charge on any atom is 0.567 e. The molecule has 78 valence electrons. The molecule has 2 N–H and O–H groups in total. The molecule has 0 aromatic carbocycles. The summed E-state index contributed by atoms with van der Waals surface area (Å²) in [5.41, 5.74) is 0.00637. The molecular weight excluding hydrogens is 177 g/mol. The minimum Gasteiger partial charge on any atom is -0.397 e. The van der Waals surface area contributed by atoms with E-state index in [1.54, 1.807) is 0 Å². The Morgan fingerprint density at radius 1 is 1.64 bits per heavy atom. The van der Waals surface area contributed by atoms with Crippen molar-refractivity contribution < 1.29 is 14.6 Å². The average Bonchev–Trinajstić information content (AvgIpc) is 1.99. The van der Waals surface area contributed by atoms with Crippen molar-refractivity contribution in [3.8, 4) is 0 Å². The van der Waals surface area contributed by atoms with Crippen LogP contribution >= 0.6 is 0 Å². The Hall–Kier alpha value is -0.345.